The first-order valence-electron chi connectivity index (χ1n) is 5.99. The fourth-order valence-corrected chi connectivity index (χ4v) is 1.90. The van der Waals surface area contributed by atoms with Gasteiger partial charge < -0.3 is 9.52 Å². The molecule has 0 atom stereocenters. The molecule has 0 saturated heterocycles. The lowest BCUT2D eigenvalue weighted by atomic mass is 10.1. The monoisotopic (exact) mass is 324 g/mol. The van der Waals surface area contributed by atoms with Gasteiger partial charge in [0, 0.05) is 17.5 Å². The fourth-order valence-electron chi connectivity index (χ4n) is 1.80. The summed E-state index contributed by atoms with van der Waals surface area (Å²) >= 11 is 0.500. The van der Waals surface area contributed by atoms with Gasteiger partial charge in [0.25, 0.3) is 0 Å². The van der Waals surface area contributed by atoms with Crippen LogP contribution in [0.15, 0.2) is 32.5 Å². The second kappa shape index (κ2) is 6.45. The molecule has 1 aromatic carbocycles. The summed E-state index contributed by atoms with van der Waals surface area (Å²) in [5.74, 6) is -1.90. The summed E-state index contributed by atoms with van der Waals surface area (Å²) in [7, 11) is 0. The number of amides is 1. The molecule has 0 saturated carbocycles. The molecule has 0 aliphatic carbocycles. The fraction of sp³-hybridized carbons (Fsp3) is 0.167. The zero-order chi connectivity index (χ0) is 16.3. The summed E-state index contributed by atoms with van der Waals surface area (Å²) in [6, 6.07) is 4.73. The molecule has 0 fully saturated rings. The first-order valence-corrected chi connectivity index (χ1v) is 6.87. The Morgan fingerprint density at radius 2 is 2.23 bits per heavy atom. The lowest BCUT2D eigenvalue weighted by Crippen LogP contribution is -2.19. The molecule has 10 heteroatoms. The van der Waals surface area contributed by atoms with Crippen LogP contribution in [0.25, 0.3) is 11.1 Å². The van der Waals surface area contributed by atoms with Crippen molar-refractivity contribution in [2.24, 2.45) is 10.2 Å². The van der Waals surface area contributed by atoms with Gasteiger partial charge in [0.15, 0.2) is 5.58 Å². The molecule has 2 rings (SSSR count). The maximum Gasteiger partial charge on any atom is 0.420 e. The first-order chi connectivity index (χ1) is 10.4. The third-order valence-electron chi connectivity index (χ3n) is 2.80. The molecule has 0 spiro atoms. The standard InChI is InChI=1S/C12H12N4O5S/c1-6(14-15-11(19)22-13)7-2-3-8-9(4-7)21-12(20)16(8)5-10(17)18/h2-4H,5,13H2,1H3,(H,15,19)(H,17,18)/b14-6+. The van der Waals surface area contributed by atoms with E-state index in [4.69, 9.17) is 14.7 Å². The highest BCUT2D eigenvalue weighted by atomic mass is 32.2. The van der Waals surface area contributed by atoms with Gasteiger partial charge >= 0.3 is 17.0 Å². The number of carboxylic acid groups (broad SMARTS) is 1. The number of rotatable bonds is 4. The number of hydrazone groups is 1. The summed E-state index contributed by atoms with van der Waals surface area (Å²) in [5.41, 5.74) is 3.91. The van der Waals surface area contributed by atoms with E-state index in [0.717, 1.165) is 4.57 Å². The number of carbonyl (C=O) groups excluding carboxylic acids is 1. The van der Waals surface area contributed by atoms with Gasteiger partial charge in [-0.15, -0.1) is 0 Å². The predicted octanol–water partition coefficient (Wildman–Crippen LogP) is 0.720. The molecule has 0 unspecified atom stereocenters. The number of nitrogens with zero attached hydrogens (tertiary/aromatic N) is 2. The zero-order valence-electron chi connectivity index (χ0n) is 11.4. The molecule has 116 valence electrons. The SMILES string of the molecule is C/C(=N\NC(=O)SN)c1ccc2c(c1)oc(=O)n2CC(=O)O. The Morgan fingerprint density at radius 3 is 2.86 bits per heavy atom. The molecule has 0 bridgehead atoms. The average molecular weight is 324 g/mol. The van der Waals surface area contributed by atoms with Crippen molar-refractivity contribution in [1.29, 1.82) is 0 Å². The number of hydrogen-bond donors (Lipinski definition) is 3. The predicted molar refractivity (Wildman–Crippen MR) is 80.6 cm³/mol. The molecule has 1 aromatic heterocycles. The second-order valence-electron chi connectivity index (χ2n) is 4.24. The van der Waals surface area contributed by atoms with Crippen LogP contribution in [-0.4, -0.2) is 26.6 Å². The number of aromatic nitrogens is 1. The number of nitrogens with two attached hydrogens (primary N) is 1. The van der Waals surface area contributed by atoms with Gasteiger partial charge in [-0.05, 0) is 19.1 Å². The lowest BCUT2D eigenvalue weighted by molar-refractivity contribution is -0.137. The molecule has 0 radical (unpaired) electrons. The number of nitrogens with one attached hydrogen (secondary N) is 1. The van der Waals surface area contributed by atoms with E-state index in [1.807, 2.05) is 0 Å². The van der Waals surface area contributed by atoms with Crippen LogP contribution in [0, 0.1) is 0 Å². The maximum absolute atomic E-state index is 11.6. The van der Waals surface area contributed by atoms with Crippen molar-refractivity contribution in [3.63, 3.8) is 0 Å². The third kappa shape index (κ3) is 3.35. The minimum atomic E-state index is -1.14. The minimum Gasteiger partial charge on any atom is -0.480 e. The van der Waals surface area contributed by atoms with Gasteiger partial charge in [0.2, 0.25) is 0 Å². The minimum absolute atomic E-state index is 0.234. The number of fused-ring (bicyclic) bond motifs is 1. The molecule has 9 nitrogen and oxygen atoms in total. The third-order valence-corrected chi connectivity index (χ3v) is 3.11. The van der Waals surface area contributed by atoms with Gasteiger partial charge in [-0.1, -0.05) is 6.07 Å². The number of carboxylic acids is 1. The molecular formula is C12H12N4O5S. The Labute approximate surface area is 127 Å². The first kappa shape index (κ1) is 15.8. The Kier molecular flexibility index (Phi) is 4.63. The van der Waals surface area contributed by atoms with Gasteiger partial charge in [-0.25, -0.2) is 10.2 Å². The molecule has 1 amide bonds. The van der Waals surface area contributed by atoms with Crippen LogP contribution in [0.2, 0.25) is 0 Å². The summed E-state index contributed by atoms with van der Waals surface area (Å²) in [6.07, 6.45) is 0. The topological polar surface area (TPSA) is 140 Å². The van der Waals surface area contributed by atoms with Crippen LogP contribution in [0.5, 0.6) is 0 Å². The number of aliphatic carboxylic acids is 1. The van der Waals surface area contributed by atoms with E-state index >= 15 is 0 Å². The molecule has 0 aliphatic heterocycles. The van der Waals surface area contributed by atoms with Gasteiger partial charge in [-0.2, -0.15) is 5.10 Å². The average Bonchev–Trinajstić information content (AvgIpc) is 2.79. The summed E-state index contributed by atoms with van der Waals surface area (Å²) in [6.45, 7) is 1.16. The molecular weight excluding hydrogens is 312 g/mol. The summed E-state index contributed by atoms with van der Waals surface area (Å²) in [4.78, 5) is 33.4. The Morgan fingerprint density at radius 1 is 1.50 bits per heavy atom. The van der Waals surface area contributed by atoms with Crippen LogP contribution in [0.4, 0.5) is 4.79 Å². The van der Waals surface area contributed by atoms with E-state index in [-0.39, 0.29) is 5.58 Å². The second-order valence-corrected chi connectivity index (χ2v) is 4.85. The molecule has 2 aromatic rings. The highest BCUT2D eigenvalue weighted by molar-refractivity contribution is 8.11. The van der Waals surface area contributed by atoms with E-state index in [1.165, 1.54) is 6.07 Å². The van der Waals surface area contributed by atoms with Crippen LogP contribution < -0.4 is 16.3 Å². The molecule has 4 N–H and O–H groups in total. The largest absolute Gasteiger partial charge is 0.480 e. The Bertz CT molecular complexity index is 823. The lowest BCUT2D eigenvalue weighted by Gasteiger charge is -2.02. The number of carbonyl (C=O) groups is 2. The van der Waals surface area contributed by atoms with E-state index in [9.17, 15) is 14.4 Å². The number of hydrogen-bond acceptors (Lipinski definition) is 7. The van der Waals surface area contributed by atoms with Crippen molar-refractivity contribution in [2.75, 3.05) is 0 Å². The molecule has 22 heavy (non-hydrogen) atoms. The Hall–Kier alpha value is -2.59. The summed E-state index contributed by atoms with van der Waals surface area (Å²) < 4.78 is 6.03. The van der Waals surface area contributed by atoms with E-state index in [1.54, 1.807) is 19.1 Å². The maximum atomic E-state index is 11.6. The summed E-state index contributed by atoms with van der Waals surface area (Å²) in [5, 5.41) is 17.2. The van der Waals surface area contributed by atoms with Gasteiger partial charge in [0.05, 0.1) is 11.2 Å². The van der Waals surface area contributed by atoms with Crippen LogP contribution >= 0.6 is 11.9 Å². The quantitative estimate of drug-likeness (QED) is 0.427. The number of oxazole rings is 1. The van der Waals surface area contributed by atoms with E-state index in [0.29, 0.717) is 28.7 Å². The van der Waals surface area contributed by atoms with Crippen LogP contribution in [0.3, 0.4) is 0 Å². The zero-order valence-corrected chi connectivity index (χ0v) is 12.2. The van der Waals surface area contributed by atoms with Crippen molar-refractivity contribution in [3.05, 3.63) is 34.3 Å². The van der Waals surface area contributed by atoms with Crippen molar-refractivity contribution >= 4 is 40.0 Å². The van der Waals surface area contributed by atoms with Gasteiger partial charge in [-0.3, -0.25) is 19.3 Å². The van der Waals surface area contributed by atoms with Crippen molar-refractivity contribution in [1.82, 2.24) is 9.99 Å². The van der Waals surface area contributed by atoms with Crippen LogP contribution in [0.1, 0.15) is 12.5 Å². The van der Waals surface area contributed by atoms with Crippen LogP contribution in [-0.2, 0) is 11.3 Å². The van der Waals surface area contributed by atoms with Crippen molar-refractivity contribution in [2.45, 2.75) is 13.5 Å². The van der Waals surface area contributed by atoms with Crippen molar-refractivity contribution in [3.8, 4) is 0 Å². The van der Waals surface area contributed by atoms with Crippen molar-refractivity contribution < 1.29 is 19.1 Å². The van der Waals surface area contributed by atoms with E-state index < -0.39 is 23.5 Å². The number of benzene rings is 1. The van der Waals surface area contributed by atoms with E-state index in [2.05, 4.69) is 10.5 Å². The smallest absolute Gasteiger partial charge is 0.420 e. The highest BCUT2D eigenvalue weighted by Gasteiger charge is 2.13. The molecule has 0 aliphatic rings. The Balaban J connectivity index is 2.37. The highest BCUT2D eigenvalue weighted by Crippen LogP contribution is 2.16. The van der Waals surface area contributed by atoms with Gasteiger partial charge in [0.1, 0.15) is 6.54 Å². The normalized spacial score (nSPS) is 11.6. The molecule has 1 heterocycles.